The molecular formula is C16H13N3O2S. The number of nitrogens with zero attached hydrogens (tertiary/aromatic N) is 2. The van der Waals surface area contributed by atoms with E-state index in [1.54, 1.807) is 0 Å². The van der Waals surface area contributed by atoms with Gasteiger partial charge in [0.15, 0.2) is 11.4 Å². The fourth-order valence-corrected chi connectivity index (χ4v) is 3.79. The molecule has 1 aromatic carbocycles. The lowest BCUT2D eigenvalue weighted by atomic mass is 10.1. The van der Waals surface area contributed by atoms with E-state index in [2.05, 4.69) is 15.0 Å². The Labute approximate surface area is 129 Å². The van der Waals surface area contributed by atoms with Crippen LogP contribution in [0, 0.1) is 6.92 Å². The number of rotatable bonds is 2. The summed E-state index contributed by atoms with van der Waals surface area (Å²) in [6, 6.07) is 7.48. The van der Waals surface area contributed by atoms with Gasteiger partial charge in [-0.25, -0.2) is 9.97 Å². The molecule has 3 aromatic heterocycles. The molecule has 22 heavy (non-hydrogen) atoms. The van der Waals surface area contributed by atoms with Gasteiger partial charge in [0, 0.05) is 4.88 Å². The van der Waals surface area contributed by atoms with Crippen LogP contribution in [0.3, 0.4) is 0 Å². The number of aromatic amines is 1. The van der Waals surface area contributed by atoms with E-state index in [1.165, 1.54) is 11.3 Å². The maximum absolute atomic E-state index is 12.4. The zero-order valence-corrected chi connectivity index (χ0v) is 13.0. The first-order chi connectivity index (χ1) is 10.7. The molecule has 0 aliphatic rings. The van der Waals surface area contributed by atoms with Crippen molar-refractivity contribution in [2.24, 2.45) is 0 Å². The molecule has 0 fully saturated rings. The number of benzene rings is 1. The molecule has 0 unspecified atom stereocenters. The van der Waals surface area contributed by atoms with Crippen LogP contribution in [0.4, 0.5) is 0 Å². The lowest BCUT2D eigenvalue weighted by molar-refractivity contribution is 0.613. The van der Waals surface area contributed by atoms with Crippen molar-refractivity contribution in [1.29, 1.82) is 0 Å². The molecule has 0 amide bonds. The third-order valence-corrected chi connectivity index (χ3v) is 4.75. The van der Waals surface area contributed by atoms with Gasteiger partial charge in [0.25, 0.3) is 11.4 Å². The van der Waals surface area contributed by atoms with Crippen molar-refractivity contribution in [2.45, 2.75) is 20.3 Å². The highest BCUT2D eigenvalue weighted by atomic mass is 32.1. The minimum absolute atomic E-state index is 0.136. The van der Waals surface area contributed by atoms with Crippen molar-refractivity contribution in [3.8, 4) is 11.7 Å². The van der Waals surface area contributed by atoms with Crippen LogP contribution in [0.15, 0.2) is 33.5 Å². The average Bonchev–Trinajstić information content (AvgIpc) is 3.07. The topological polar surface area (TPSA) is 71.8 Å². The van der Waals surface area contributed by atoms with Gasteiger partial charge in [0.2, 0.25) is 0 Å². The van der Waals surface area contributed by atoms with Gasteiger partial charge in [-0.2, -0.15) is 0 Å². The largest absolute Gasteiger partial charge is 0.434 e. The summed E-state index contributed by atoms with van der Waals surface area (Å²) in [6.45, 7) is 4.06. The molecule has 0 radical (unpaired) electrons. The highest BCUT2D eigenvalue weighted by molar-refractivity contribution is 7.18. The Balaban J connectivity index is 1.98. The molecule has 3 heterocycles. The molecule has 0 spiro atoms. The van der Waals surface area contributed by atoms with E-state index >= 15 is 0 Å². The van der Waals surface area contributed by atoms with Gasteiger partial charge in [-0.3, -0.25) is 4.79 Å². The first-order valence-electron chi connectivity index (χ1n) is 7.05. The quantitative estimate of drug-likeness (QED) is 0.613. The molecule has 0 aliphatic heterocycles. The Bertz CT molecular complexity index is 1030. The van der Waals surface area contributed by atoms with Gasteiger partial charge >= 0.3 is 0 Å². The number of aryl methyl sites for hydroxylation is 2. The van der Waals surface area contributed by atoms with Crippen LogP contribution < -0.4 is 5.56 Å². The number of H-pyrrole nitrogens is 1. The molecule has 0 bridgehead atoms. The smallest absolute Gasteiger partial charge is 0.264 e. The summed E-state index contributed by atoms with van der Waals surface area (Å²) in [4.78, 5) is 26.0. The molecule has 5 nitrogen and oxygen atoms in total. The molecular weight excluding hydrogens is 298 g/mol. The number of nitrogens with one attached hydrogen (secondary N) is 1. The number of oxazole rings is 1. The third kappa shape index (κ3) is 1.88. The zero-order chi connectivity index (χ0) is 15.3. The zero-order valence-electron chi connectivity index (χ0n) is 12.1. The van der Waals surface area contributed by atoms with Gasteiger partial charge in [-0.1, -0.05) is 19.1 Å². The summed E-state index contributed by atoms with van der Waals surface area (Å²) >= 11 is 1.53. The van der Waals surface area contributed by atoms with Crippen LogP contribution in [0.1, 0.15) is 17.4 Å². The van der Waals surface area contributed by atoms with Crippen molar-refractivity contribution in [3.63, 3.8) is 0 Å². The number of para-hydroxylation sites is 2. The number of aromatic nitrogens is 3. The molecule has 1 N–H and O–H groups in total. The standard InChI is InChI=1S/C16H13N3O2S/c1-3-9-8(2)22-16-12(9)14(20)18-13(19-16)15-17-10-6-4-5-7-11(10)21-15/h4-7H,3H2,1-2H3,(H,18,19,20). The van der Waals surface area contributed by atoms with Crippen LogP contribution in [0.25, 0.3) is 33.0 Å². The predicted octanol–water partition coefficient (Wildman–Crippen LogP) is 3.66. The second kappa shape index (κ2) is 4.78. The third-order valence-electron chi connectivity index (χ3n) is 3.71. The van der Waals surface area contributed by atoms with Crippen molar-refractivity contribution in [3.05, 3.63) is 45.1 Å². The lowest BCUT2D eigenvalue weighted by Gasteiger charge is -1.97. The van der Waals surface area contributed by atoms with E-state index in [9.17, 15) is 4.79 Å². The normalized spacial score (nSPS) is 11.5. The predicted molar refractivity (Wildman–Crippen MR) is 87.4 cm³/mol. The van der Waals surface area contributed by atoms with Crippen LogP contribution in [-0.4, -0.2) is 15.0 Å². The Morgan fingerprint density at radius 2 is 2.09 bits per heavy atom. The van der Waals surface area contributed by atoms with E-state index in [0.29, 0.717) is 22.7 Å². The Morgan fingerprint density at radius 3 is 2.86 bits per heavy atom. The summed E-state index contributed by atoms with van der Waals surface area (Å²) in [5, 5.41) is 0.685. The minimum atomic E-state index is -0.136. The Morgan fingerprint density at radius 1 is 1.27 bits per heavy atom. The molecule has 4 aromatic rings. The van der Waals surface area contributed by atoms with Gasteiger partial charge < -0.3 is 9.40 Å². The lowest BCUT2D eigenvalue weighted by Crippen LogP contribution is -2.09. The fraction of sp³-hybridized carbons (Fsp3) is 0.188. The van der Waals surface area contributed by atoms with Crippen molar-refractivity contribution in [2.75, 3.05) is 0 Å². The monoisotopic (exact) mass is 311 g/mol. The average molecular weight is 311 g/mol. The summed E-state index contributed by atoms with van der Waals surface area (Å²) in [7, 11) is 0. The highest BCUT2D eigenvalue weighted by Gasteiger charge is 2.17. The Kier molecular flexibility index (Phi) is 2.87. The second-order valence-corrected chi connectivity index (χ2v) is 6.27. The SMILES string of the molecule is CCc1c(C)sc2nc(-c3nc4ccccc4o3)[nH]c(=O)c12. The minimum Gasteiger partial charge on any atom is -0.434 e. The van der Waals surface area contributed by atoms with Gasteiger partial charge in [-0.15, -0.1) is 11.3 Å². The summed E-state index contributed by atoms with van der Waals surface area (Å²) in [6.07, 6.45) is 0.818. The maximum atomic E-state index is 12.4. The van der Waals surface area contributed by atoms with Crippen molar-refractivity contribution < 1.29 is 4.42 Å². The number of hydrogen-bond acceptors (Lipinski definition) is 5. The van der Waals surface area contributed by atoms with Gasteiger partial charge in [-0.05, 0) is 31.0 Å². The van der Waals surface area contributed by atoms with Crippen LogP contribution >= 0.6 is 11.3 Å². The molecule has 4 rings (SSSR count). The van der Waals surface area contributed by atoms with Crippen molar-refractivity contribution in [1.82, 2.24) is 15.0 Å². The van der Waals surface area contributed by atoms with E-state index in [1.807, 2.05) is 38.1 Å². The van der Waals surface area contributed by atoms with Gasteiger partial charge in [0.1, 0.15) is 10.3 Å². The first kappa shape index (κ1) is 13.2. The highest BCUT2D eigenvalue weighted by Crippen LogP contribution is 2.29. The summed E-state index contributed by atoms with van der Waals surface area (Å²) in [5.41, 5.74) is 2.36. The van der Waals surface area contributed by atoms with Crippen LogP contribution in [0.5, 0.6) is 0 Å². The molecule has 0 saturated carbocycles. The van der Waals surface area contributed by atoms with Gasteiger partial charge in [0.05, 0.1) is 5.39 Å². The molecule has 6 heteroatoms. The Hall–Kier alpha value is -2.47. The second-order valence-electron chi connectivity index (χ2n) is 5.07. The molecule has 0 saturated heterocycles. The molecule has 110 valence electrons. The summed E-state index contributed by atoms with van der Waals surface area (Å²) in [5.74, 6) is 0.710. The molecule has 0 atom stereocenters. The number of hydrogen-bond donors (Lipinski definition) is 1. The maximum Gasteiger partial charge on any atom is 0.264 e. The van der Waals surface area contributed by atoms with E-state index in [0.717, 1.165) is 27.2 Å². The number of fused-ring (bicyclic) bond motifs is 2. The van der Waals surface area contributed by atoms with E-state index in [-0.39, 0.29) is 5.56 Å². The van der Waals surface area contributed by atoms with E-state index < -0.39 is 0 Å². The molecule has 0 aliphatic carbocycles. The van der Waals surface area contributed by atoms with Crippen molar-refractivity contribution >= 4 is 32.7 Å². The van der Waals surface area contributed by atoms with Crippen LogP contribution in [-0.2, 0) is 6.42 Å². The number of thiophene rings is 1. The van der Waals surface area contributed by atoms with Crippen LogP contribution in [0.2, 0.25) is 0 Å². The first-order valence-corrected chi connectivity index (χ1v) is 7.87. The fourth-order valence-electron chi connectivity index (χ4n) is 2.68. The summed E-state index contributed by atoms with van der Waals surface area (Å²) < 4.78 is 5.68. The van der Waals surface area contributed by atoms with E-state index in [4.69, 9.17) is 4.42 Å².